The van der Waals surface area contributed by atoms with Crippen LogP contribution in [0.15, 0.2) is 22.7 Å². The fraction of sp³-hybridized carbons (Fsp3) is 0.647. The summed E-state index contributed by atoms with van der Waals surface area (Å²) in [5.41, 5.74) is 1.32. The molecule has 1 aliphatic rings. The van der Waals surface area contributed by atoms with Crippen LogP contribution in [0.4, 0.5) is 0 Å². The van der Waals surface area contributed by atoms with Gasteiger partial charge < -0.3 is 10.1 Å². The molecule has 0 aliphatic heterocycles. The van der Waals surface area contributed by atoms with E-state index in [0.29, 0.717) is 6.04 Å². The van der Waals surface area contributed by atoms with Gasteiger partial charge in [-0.15, -0.1) is 0 Å². The molecule has 0 aromatic heterocycles. The summed E-state index contributed by atoms with van der Waals surface area (Å²) in [6, 6.07) is 7.12. The minimum atomic E-state index is 0.701. The molecule has 1 N–H and O–H groups in total. The molecular weight excluding hydrogens is 314 g/mol. The smallest absolute Gasteiger partial charge is 0.133 e. The lowest BCUT2D eigenvalue weighted by Crippen LogP contribution is -2.27. The summed E-state index contributed by atoms with van der Waals surface area (Å²) in [5, 5.41) is 3.71. The third-order valence-corrected chi connectivity index (χ3v) is 4.53. The number of halogens is 1. The second-order valence-corrected chi connectivity index (χ2v) is 6.54. The highest BCUT2D eigenvalue weighted by atomic mass is 79.9. The molecule has 20 heavy (non-hydrogen) atoms. The predicted octanol–water partition coefficient (Wildman–Crippen LogP) is 5.05. The maximum atomic E-state index is 5.68. The van der Waals surface area contributed by atoms with E-state index in [0.717, 1.165) is 29.8 Å². The Morgan fingerprint density at radius 3 is 2.60 bits per heavy atom. The minimum absolute atomic E-state index is 0.701. The Hall–Kier alpha value is -0.540. The highest BCUT2D eigenvalue weighted by Gasteiger charge is 2.11. The Balaban J connectivity index is 1.84. The van der Waals surface area contributed by atoms with E-state index >= 15 is 0 Å². The van der Waals surface area contributed by atoms with Gasteiger partial charge in [0.05, 0.1) is 11.1 Å². The molecule has 0 atom stereocenters. The van der Waals surface area contributed by atoms with Gasteiger partial charge >= 0.3 is 0 Å². The number of hydrogen-bond donors (Lipinski definition) is 1. The summed E-state index contributed by atoms with van der Waals surface area (Å²) >= 11 is 3.60. The van der Waals surface area contributed by atoms with E-state index in [4.69, 9.17) is 4.74 Å². The Morgan fingerprint density at radius 1 is 1.20 bits per heavy atom. The van der Waals surface area contributed by atoms with Gasteiger partial charge in [-0.25, -0.2) is 0 Å². The van der Waals surface area contributed by atoms with Gasteiger partial charge in [-0.1, -0.05) is 38.7 Å². The summed E-state index contributed by atoms with van der Waals surface area (Å²) in [5.74, 6) is 0.949. The lowest BCUT2D eigenvalue weighted by molar-refractivity contribution is 0.315. The number of ether oxygens (including phenoxy) is 1. The molecule has 3 heteroatoms. The van der Waals surface area contributed by atoms with Crippen LogP contribution in [0.25, 0.3) is 0 Å². The van der Waals surface area contributed by atoms with Gasteiger partial charge in [0.1, 0.15) is 5.75 Å². The average molecular weight is 340 g/mol. The fourth-order valence-electron chi connectivity index (χ4n) is 2.73. The lowest BCUT2D eigenvalue weighted by atomic mass is 10.1. The highest BCUT2D eigenvalue weighted by Crippen LogP contribution is 2.26. The van der Waals surface area contributed by atoms with Crippen molar-refractivity contribution in [2.24, 2.45) is 0 Å². The van der Waals surface area contributed by atoms with Gasteiger partial charge in [0.2, 0.25) is 0 Å². The Kier molecular flexibility index (Phi) is 6.88. The van der Waals surface area contributed by atoms with E-state index in [-0.39, 0.29) is 0 Å². The van der Waals surface area contributed by atoms with Gasteiger partial charge in [0.25, 0.3) is 0 Å². The van der Waals surface area contributed by atoms with Crippen LogP contribution in [0.3, 0.4) is 0 Å². The van der Waals surface area contributed by atoms with Crippen molar-refractivity contribution in [3.05, 3.63) is 28.2 Å². The molecule has 0 unspecified atom stereocenters. The van der Waals surface area contributed by atoms with Gasteiger partial charge in [-0.05, 0) is 52.9 Å². The molecule has 1 aliphatic carbocycles. The normalized spacial score (nSPS) is 16.9. The molecule has 1 aromatic rings. The zero-order chi connectivity index (χ0) is 14.2. The van der Waals surface area contributed by atoms with Crippen LogP contribution in [0.1, 0.15) is 57.4 Å². The van der Waals surface area contributed by atoms with Crippen LogP contribution in [0, 0.1) is 0 Å². The molecule has 0 amide bonds. The quantitative estimate of drug-likeness (QED) is 0.732. The average Bonchev–Trinajstić information content (AvgIpc) is 2.73. The summed E-state index contributed by atoms with van der Waals surface area (Å²) in [7, 11) is 0. The van der Waals surface area contributed by atoms with Crippen LogP contribution < -0.4 is 10.1 Å². The molecular formula is C17H26BrNO. The van der Waals surface area contributed by atoms with Crippen LogP contribution in [-0.4, -0.2) is 12.6 Å². The van der Waals surface area contributed by atoms with E-state index in [1.165, 1.54) is 44.1 Å². The van der Waals surface area contributed by atoms with E-state index in [1.807, 2.05) is 0 Å². The van der Waals surface area contributed by atoms with Crippen molar-refractivity contribution >= 4 is 15.9 Å². The molecule has 1 saturated carbocycles. The molecule has 0 saturated heterocycles. The first-order chi connectivity index (χ1) is 9.79. The first-order valence-corrected chi connectivity index (χ1v) is 8.73. The number of nitrogens with one attached hydrogen (secondary N) is 1. The van der Waals surface area contributed by atoms with Crippen LogP contribution in [-0.2, 0) is 6.54 Å². The monoisotopic (exact) mass is 339 g/mol. The summed E-state index contributed by atoms with van der Waals surface area (Å²) < 4.78 is 6.75. The number of rotatable bonds is 6. The maximum Gasteiger partial charge on any atom is 0.133 e. The standard InChI is InChI=1S/C17H26BrNO/c1-2-11-20-17-10-9-14(12-16(17)18)13-19-15-7-5-3-4-6-8-15/h9-10,12,15,19H,2-8,11,13H2,1H3. The molecule has 0 heterocycles. The molecule has 0 radical (unpaired) electrons. The molecule has 0 bridgehead atoms. The molecule has 1 aromatic carbocycles. The van der Waals surface area contributed by atoms with Crippen molar-refractivity contribution < 1.29 is 4.74 Å². The van der Waals surface area contributed by atoms with Crippen molar-refractivity contribution in [3.63, 3.8) is 0 Å². The highest BCUT2D eigenvalue weighted by molar-refractivity contribution is 9.10. The van der Waals surface area contributed by atoms with Crippen molar-refractivity contribution in [1.29, 1.82) is 0 Å². The largest absolute Gasteiger partial charge is 0.492 e. The van der Waals surface area contributed by atoms with E-state index < -0.39 is 0 Å². The summed E-state index contributed by atoms with van der Waals surface area (Å²) in [6.07, 6.45) is 9.28. The molecule has 2 rings (SSSR count). The Morgan fingerprint density at radius 2 is 1.95 bits per heavy atom. The fourth-order valence-corrected chi connectivity index (χ4v) is 3.27. The first kappa shape index (κ1) is 15.8. The zero-order valence-corrected chi connectivity index (χ0v) is 14.0. The third-order valence-electron chi connectivity index (χ3n) is 3.91. The maximum absolute atomic E-state index is 5.68. The molecule has 2 nitrogen and oxygen atoms in total. The topological polar surface area (TPSA) is 21.3 Å². The second kappa shape index (κ2) is 8.68. The SMILES string of the molecule is CCCOc1ccc(CNC2CCCCCC2)cc1Br. The van der Waals surface area contributed by atoms with Crippen molar-refractivity contribution in [1.82, 2.24) is 5.32 Å². The van der Waals surface area contributed by atoms with Crippen molar-refractivity contribution in [2.75, 3.05) is 6.61 Å². The Bertz CT molecular complexity index is 400. The van der Waals surface area contributed by atoms with Gasteiger partial charge in [0, 0.05) is 12.6 Å². The molecule has 112 valence electrons. The first-order valence-electron chi connectivity index (χ1n) is 7.94. The van der Waals surface area contributed by atoms with Crippen molar-refractivity contribution in [3.8, 4) is 5.75 Å². The number of hydrogen-bond acceptors (Lipinski definition) is 2. The molecule has 1 fully saturated rings. The second-order valence-electron chi connectivity index (χ2n) is 5.68. The zero-order valence-electron chi connectivity index (χ0n) is 12.5. The minimum Gasteiger partial charge on any atom is -0.492 e. The Labute approximate surface area is 131 Å². The summed E-state index contributed by atoms with van der Waals surface area (Å²) in [4.78, 5) is 0. The van der Waals surface area contributed by atoms with Gasteiger partial charge in [-0.2, -0.15) is 0 Å². The molecule has 0 spiro atoms. The van der Waals surface area contributed by atoms with E-state index in [2.05, 4.69) is 46.4 Å². The third kappa shape index (κ3) is 5.10. The van der Waals surface area contributed by atoms with Crippen molar-refractivity contribution in [2.45, 2.75) is 64.5 Å². The van der Waals surface area contributed by atoms with Gasteiger partial charge in [0.15, 0.2) is 0 Å². The van der Waals surface area contributed by atoms with Crippen LogP contribution >= 0.6 is 15.9 Å². The van der Waals surface area contributed by atoms with Crippen LogP contribution in [0.2, 0.25) is 0 Å². The van der Waals surface area contributed by atoms with E-state index in [1.54, 1.807) is 0 Å². The summed E-state index contributed by atoms with van der Waals surface area (Å²) in [6.45, 7) is 3.86. The van der Waals surface area contributed by atoms with Crippen LogP contribution in [0.5, 0.6) is 5.75 Å². The number of benzene rings is 1. The lowest BCUT2D eigenvalue weighted by Gasteiger charge is -2.16. The predicted molar refractivity (Wildman–Crippen MR) is 88.3 cm³/mol. The van der Waals surface area contributed by atoms with E-state index in [9.17, 15) is 0 Å². The van der Waals surface area contributed by atoms with Gasteiger partial charge in [-0.3, -0.25) is 0 Å².